The van der Waals surface area contributed by atoms with E-state index < -0.39 is 11.8 Å². The van der Waals surface area contributed by atoms with E-state index >= 15 is 0 Å². The zero-order chi connectivity index (χ0) is 13.3. The van der Waals surface area contributed by atoms with Crippen molar-refractivity contribution in [3.63, 3.8) is 0 Å². The molecule has 0 radical (unpaired) electrons. The number of carbonyl (C=O) groups excluding carboxylic acids is 1. The quantitative estimate of drug-likeness (QED) is 0.610. The molecular weight excluding hydrogens is 220 g/mol. The molecule has 0 bridgehead atoms. The molecule has 1 atom stereocenters. The van der Waals surface area contributed by atoms with Gasteiger partial charge in [0.15, 0.2) is 5.79 Å². The Hall–Kier alpha value is -0.810. The van der Waals surface area contributed by atoms with E-state index in [9.17, 15) is 4.79 Å². The summed E-state index contributed by atoms with van der Waals surface area (Å²) in [7, 11) is 0. The van der Waals surface area contributed by atoms with Gasteiger partial charge in [0.2, 0.25) is 0 Å². The second-order valence-corrected chi connectivity index (χ2v) is 4.07. The van der Waals surface area contributed by atoms with Crippen molar-refractivity contribution in [3.8, 4) is 0 Å². The van der Waals surface area contributed by atoms with Gasteiger partial charge in [-0.05, 0) is 33.6 Å². The van der Waals surface area contributed by atoms with E-state index in [-0.39, 0.29) is 5.92 Å². The van der Waals surface area contributed by atoms with Gasteiger partial charge in [-0.15, -0.1) is 0 Å². The molecule has 17 heavy (non-hydrogen) atoms. The summed E-state index contributed by atoms with van der Waals surface area (Å²) in [5, 5.41) is 2.59. The Morgan fingerprint density at radius 1 is 1.29 bits per heavy atom. The van der Waals surface area contributed by atoms with Gasteiger partial charge in [0.25, 0.3) is 0 Å². The molecule has 2 amide bonds. The van der Waals surface area contributed by atoms with Crippen LogP contribution in [0.1, 0.15) is 40.5 Å². The van der Waals surface area contributed by atoms with Gasteiger partial charge in [0.1, 0.15) is 0 Å². The summed E-state index contributed by atoms with van der Waals surface area (Å²) in [5.74, 6) is -0.355. The van der Waals surface area contributed by atoms with Gasteiger partial charge in [0, 0.05) is 25.7 Å². The molecule has 0 rings (SSSR count). The highest BCUT2D eigenvalue weighted by Gasteiger charge is 2.34. The zero-order valence-electron chi connectivity index (χ0n) is 11.4. The number of primary amides is 1. The molecule has 102 valence electrons. The van der Waals surface area contributed by atoms with Crippen LogP contribution in [0, 0.1) is 5.92 Å². The van der Waals surface area contributed by atoms with Crippen LogP contribution < -0.4 is 11.1 Å². The molecule has 0 aliphatic rings. The number of carbonyl (C=O) groups is 1. The lowest BCUT2D eigenvalue weighted by Crippen LogP contribution is -2.42. The third-order valence-corrected chi connectivity index (χ3v) is 2.89. The number of amides is 2. The van der Waals surface area contributed by atoms with Crippen LogP contribution >= 0.6 is 0 Å². The van der Waals surface area contributed by atoms with E-state index in [1.54, 1.807) is 0 Å². The van der Waals surface area contributed by atoms with E-state index in [0.29, 0.717) is 19.8 Å². The number of nitrogens with two attached hydrogens (primary N) is 1. The average Bonchev–Trinajstić information content (AvgIpc) is 2.24. The van der Waals surface area contributed by atoms with E-state index in [2.05, 4.69) is 12.2 Å². The topological polar surface area (TPSA) is 73.6 Å². The fourth-order valence-corrected chi connectivity index (χ4v) is 2.06. The molecule has 0 saturated heterocycles. The highest BCUT2D eigenvalue weighted by molar-refractivity contribution is 5.71. The Morgan fingerprint density at radius 3 is 2.18 bits per heavy atom. The minimum absolute atomic E-state index is 0.231. The number of ether oxygens (including phenoxy) is 2. The molecule has 0 fully saturated rings. The Morgan fingerprint density at radius 2 is 1.82 bits per heavy atom. The normalized spacial score (nSPS) is 13.4. The van der Waals surface area contributed by atoms with Gasteiger partial charge in [0.05, 0.1) is 0 Å². The maximum absolute atomic E-state index is 10.6. The maximum atomic E-state index is 10.6. The predicted molar refractivity (Wildman–Crippen MR) is 67.6 cm³/mol. The SMILES string of the molecule is CCOC(C)(OCC)C(CC)CCNC(N)=O. The third kappa shape index (κ3) is 5.89. The van der Waals surface area contributed by atoms with E-state index in [0.717, 1.165) is 12.8 Å². The molecule has 0 aromatic rings. The summed E-state index contributed by atoms with van der Waals surface area (Å²) >= 11 is 0. The molecule has 0 aliphatic carbocycles. The summed E-state index contributed by atoms with van der Waals surface area (Å²) in [4.78, 5) is 10.6. The van der Waals surface area contributed by atoms with Crippen molar-refractivity contribution in [2.75, 3.05) is 19.8 Å². The molecule has 5 nitrogen and oxygen atoms in total. The Balaban J connectivity index is 4.38. The fourth-order valence-electron chi connectivity index (χ4n) is 2.06. The lowest BCUT2D eigenvalue weighted by atomic mass is 9.93. The molecule has 0 aromatic carbocycles. The van der Waals surface area contributed by atoms with Crippen molar-refractivity contribution in [1.29, 1.82) is 0 Å². The third-order valence-electron chi connectivity index (χ3n) is 2.89. The molecule has 5 heteroatoms. The van der Waals surface area contributed by atoms with Gasteiger partial charge in [-0.2, -0.15) is 0 Å². The molecule has 0 spiro atoms. The maximum Gasteiger partial charge on any atom is 0.312 e. The van der Waals surface area contributed by atoms with Crippen LogP contribution in [0.2, 0.25) is 0 Å². The number of rotatable bonds is 9. The Labute approximate surface area is 104 Å². The first kappa shape index (κ1) is 16.2. The van der Waals surface area contributed by atoms with Crippen molar-refractivity contribution in [2.45, 2.75) is 46.3 Å². The lowest BCUT2D eigenvalue weighted by molar-refractivity contribution is -0.253. The van der Waals surface area contributed by atoms with Gasteiger partial charge >= 0.3 is 6.03 Å². The smallest absolute Gasteiger partial charge is 0.312 e. The average molecular weight is 246 g/mol. The second-order valence-electron chi connectivity index (χ2n) is 4.07. The number of hydrogen-bond acceptors (Lipinski definition) is 3. The molecule has 1 unspecified atom stereocenters. The van der Waals surface area contributed by atoms with Crippen LogP contribution in [0.15, 0.2) is 0 Å². The van der Waals surface area contributed by atoms with Gasteiger partial charge in [-0.25, -0.2) is 4.79 Å². The van der Waals surface area contributed by atoms with Crippen LogP contribution in [0.25, 0.3) is 0 Å². The van der Waals surface area contributed by atoms with E-state index in [4.69, 9.17) is 15.2 Å². The highest BCUT2D eigenvalue weighted by Crippen LogP contribution is 2.28. The van der Waals surface area contributed by atoms with Gasteiger partial charge in [-0.1, -0.05) is 6.92 Å². The van der Waals surface area contributed by atoms with Crippen molar-refractivity contribution in [1.82, 2.24) is 5.32 Å². The Kier molecular flexibility index (Phi) is 7.91. The standard InChI is InChI=1S/C12H26N2O3/c1-5-10(8-9-14-11(13)15)12(4,16-6-2)17-7-3/h10H,5-9H2,1-4H3,(H3,13,14,15). The van der Waals surface area contributed by atoms with E-state index in [1.165, 1.54) is 0 Å². The van der Waals surface area contributed by atoms with Crippen molar-refractivity contribution in [3.05, 3.63) is 0 Å². The number of urea groups is 1. The van der Waals surface area contributed by atoms with Crippen LogP contribution in [0.4, 0.5) is 4.79 Å². The largest absolute Gasteiger partial charge is 0.352 e. The highest BCUT2D eigenvalue weighted by atomic mass is 16.7. The van der Waals surface area contributed by atoms with Crippen LogP contribution in [0.3, 0.4) is 0 Å². The monoisotopic (exact) mass is 246 g/mol. The summed E-state index contributed by atoms with van der Waals surface area (Å²) in [6.45, 7) is 9.71. The van der Waals surface area contributed by atoms with Crippen LogP contribution in [-0.2, 0) is 9.47 Å². The lowest BCUT2D eigenvalue weighted by Gasteiger charge is -2.36. The van der Waals surface area contributed by atoms with Crippen LogP contribution in [-0.4, -0.2) is 31.6 Å². The molecule has 0 heterocycles. The van der Waals surface area contributed by atoms with Gasteiger partial charge in [-0.3, -0.25) is 0 Å². The van der Waals surface area contributed by atoms with Crippen molar-refractivity contribution >= 4 is 6.03 Å². The van der Waals surface area contributed by atoms with Gasteiger partial charge < -0.3 is 20.5 Å². The molecule has 0 aromatic heterocycles. The fraction of sp³-hybridized carbons (Fsp3) is 0.917. The molecule has 0 aliphatic heterocycles. The summed E-state index contributed by atoms with van der Waals surface area (Å²) in [6.07, 6.45) is 1.72. The predicted octanol–water partition coefficient (Wildman–Crippen LogP) is 1.86. The molecule has 0 saturated carbocycles. The number of hydrogen-bond donors (Lipinski definition) is 2. The minimum atomic E-state index is -0.586. The van der Waals surface area contributed by atoms with Crippen molar-refractivity contribution < 1.29 is 14.3 Å². The summed E-state index contributed by atoms with van der Waals surface area (Å²) in [5.41, 5.74) is 5.03. The first-order chi connectivity index (χ1) is 8.00. The first-order valence-electron chi connectivity index (χ1n) is 6.31. The molecular formula is C12H26N2O3. The summed E-state index contributed by atoms with van der Waals surface area (Å²) < 4.78 is 11.4. The van der Waals surface area contributed by atoms with Crippen LogP contribution in [0.5, 0.6) is 0 Å². The molecule has 3 N–H and O–H groups in total. The number of nitrogens with one attached hydrogen (secondary N) is 1. The Bertz CT molecular complexity index is 216. The first-order valence-corrected chi connectivity index (χ1v) is 6.31. The minimum Gasteiger partial charge on any atom is -0.352 e. The second kappa shape index (κ2) is 8.31. The summed E-state index contributed by atoms with van der Waals surface area (Å²) in [6, 6.07) is -0.491. The van der Waals surface area contributed by atoms with E-state index in [1.807, 2.05) is 20.8 Å². The zero-order valence-corrected chi connectivity index (χ0v) is 11.4. The van der Waals surface area contributed by atoms with Crippen molar-refractivity contribution in [2.24, 2.45) is 11.7 Å².